The number of nitrogens with zero attached hydrogens (tertiary/aromatic N) is 2. The fourth-order valence-corrected chi connectivity index (χ4v) is 3.24. The Morgan fingerprint density at radius 2 is 1.62 bits per heavy atom. The lowest BCUT2D eigenvalue weighted by Gasteiger charge is -2.38. The van der Waals surface area contributed by atoms with E-state index in [1.54, 1.807) is 12.1 Å². The van der Waals surface area contributed by atoms with Gasteiger partial charge < -0.3 is 10.2 Å². The van der Waals surface area contributed by atoms with Gasteiger partial charge in [0, 0.05) is 12.2 Å². The first-order chi connectivity index (χ1) is 12.8. The number of fused-ring (bicyclic) bond motifs is 1. The second-order valence-electron chi connectivity index (χ2n) is 6.24. The van der Waals surface area contributed by atoms with Gasteiger partial charge in [-0.3, -0.25) is 4.79 Å². The predicted octanol–water partition coefficient (Wildman–Crippen LogP) is 4.32. The first kappa shape index (κ1) is 15.9. The van der Waals surface area contributed by atoms with Gasteiger partial charge >= 0.3 is 0 Å². The predicted molar refractivity (Wildman–Crippen MR) is 100 cm³/mol. The summed E-state index contributed by atoms with van der Waals surface area (Å²) in [5.74, 6) is -0.00226. The molecule has 0 saturated carbocycles. The summed E-state index contributed by atoms with van der Waals surface area (Å²) in [4.78, 5) is 15.0. The van der Waals surface area contributed by atoms with Crippen molar-refractivity contribution in [3.63, 3.8) is 0 Å². The number of nitrogens with one attached hydrogen (secondary N) is 1. The molecule has 26 heavy (non-hydrogen) atoms. The fourth-order valence-electron chi connectivity index (χ4n) is 3.24. The van der Waals surface area contributed by atoms with Crippen molar-refractivity contribution < 1.29 is 4.79 Å². The van der Waals surface area contributed by atoms with E-state index < -0.39 is 0 Å². The molecular formula is C22H17N3O. The molecule has 0 bridgehead atoms. The number of anilines is 1. The Balaban J connectivity index is 1.75. The molecule has 0 aromatic heterocycles. The zero-order chi connectivity index (χ0) is 17.9. The van der Waals surface area contributed by atoms with Gasteiger partial charge in [0.25, 0.3) is 5.91 Å². The van der Waals surface area contributed by atoms with Crippen LogP contribution in [0.1, 0.15) is 33.2 Å². The summed E-state index contributed by atoms with van der Waals surface area (Å²) in [5, 5.41) is 12.5. The first-order valence-corrected chi connectivity index (χ1v) is 8.47. The van der Waals surface area contributed by atoms with Crippen molar-refractivity contribution >= 4 is 11.6 Å². The van der Waals surface area contributed by atoms with Crippen LogP contribution in [-0.4, -0.2) is 10.8 Å². The fraction of sp³-hybridized carbons (Fsp3) is 0.0909. The molecule has 1 atom stereocenters. The van der Waals surface area contributed by atoms with E-state index in [2.05, 4.69) is 11.4 Å². The average molecular weight is 339 g/mol. The maximum absolute atomic E-state index is 13.2. The molecule has 0 radical (unpaired) electrons. The lowest BCUT2D eigenvalue weighted by Crippen LogP contribution is -2.42. The Bertz CT molecular complexity index is 974. The summed E-state index contributed by atoms with van der Waals surface area (Å²) in [6.45, 7) is 0.506. The highest BCUT2D eigenvalue weighted by Crippen LogP contribution is 2.34. The lowest BCUT2D eigenvalue weighted by atomic mass is 10.0. The number of para-hydroxylation sites is 1. The van der Waals surface area contributed by atoms with Gasteiger partial charge in [0.05, 0.1) is 17.2 Å². The van der Waals surface area contributed by atoms with E-state index in [-0.39, 0.29) is 12.1 Å². The molecule has 1 unspecified atom stereocenters. The molecular weight excluding hydrogens is 322 g/mol. The number of carbonyl (C=O) groups excluding carboxylic acids is 1. The van der Waals surface area contributed by atoms with Gasteiger partial charge in [-0.05, 0) is 35.4 Å². The second-order valence-corrected chi connectivity index (χ2v) is 6.24. The topological polar surface area (TPSA) is 56.1 Å². The third-order valence-corrected chi connectivity index (χ3v) is 4.57. The number of hydrogen-bond acceptors (Lipinski definition) is 3. The number of rotatable bonds is 3. The molecule has 1 aliphatic heterocycles. The minimum atomic E-state index is -0.287. The van der Waals surface area contributed by atoms with E-state index in [1.165, 1.54) is 0 Å². The highest BCUT2D eigenvalue weighted by atomic mass is 16.2. The highest BCUT2D eigenvalue weighted by Gasteiger charge is 2.32. The Morgan fingerprint density at radius 3 is 2.35 bits per heavy atom. The van der Waals surface area contributed by atoms with Crippen LogP contribution in [0.3, 0.4) is 0 Å². The Hall–Kier alpha value is -3.58. The number of amides is 1. The Morgan fingerprint density at radius 1 is 0.923 bits per heavy atom. The summed E-state index contributed by atoms with van der Waals surface area (Å²) in [5.41, 5.74) is 4.12. The molecule has 1 aliphatic rings. The molecule has 1 heterocycles. The average Bonchev–Trinajstić information content (AvgIpc) is 2.71. The largest absolute Gasteiger partial charge is 0.361 e. The van der Waals surface area contributed by atoms with Gasteiger partial charge in [0.1, 0.15) is 6.17 Å². The summed E-state index contributed by atoms with van der Waals surface area (Å²) >= 11 is 0. The minimum Gasteiger partial charge on any atom is -0.361 e. The first-order valence-electron chi connectivity index (χ1n) is 8.47. The van der Waals surface area contributed by atoms with E-state index in [0.717, 1.165) is 16.8 Å². The van der Waals surface area contributed by atoms with Gasteiger partial charge in [-0.25, -0.2) is 0 Å². The van der Waals surface area contributed by atoms with Crippen molar-refractivity contribution in [3.8, 4) is 6.07 Å². The van der Waals surface area contributed by atoms with E-state index in [1.807, 2.05) is 71.6 Å². The Kier molecular flexibility index (Phi) is 4.12. The van der Waals surface area contributed by atoms with Crippen molar-refractivity contribution in [3.05, 3.63) is 101 Å². The summed E-state index contributed by atoms with van der Waals surface area (Å²) in [7, 11) is 0. The molecule has 3 aromatic rings. The Labute approximate surface area is 152 Å². The van der Waals surface area contributed by atoms with Crippen LogP contribution in [0.15, 0.2) is 78.9 Å². The van der Waals surface area contributed by atoms with Crippen LogP contribution in [0, 0.1) is 11.3 Å². The normalized spacial score (nSPS) is 15.7. The van der Waals surface area contributed by atoms with Crippen LogP contribution >= 0.6 is 0 Å². The zero-order valence-corrected chi connectivity index (χ0v) is 14.1. The van der Waals surface area contributed by atoms with E-state index in [4.69, 9.17) is 5.26 Å². The van der Waals surface area contributed by atoms with Gasteiger partial charge in [0.15, 0.2) is 0 Å². The minimum absolute atomic E-state index is 0.00226. The number of nitriles is 1. The maximum atomic E-state index is 13.2. The zero-order valence-electron chi connectivity index (χ0n) is 14.1. The van der Waals surface area contributed by atoms with Crippen LogP contribution in [-0.2, 0) is 6.54 Å². The number of hydrogen-bond donors (Lipinski definition) is 1. The molecule has 1 N–H and O–H groups in total. The van der Waals surface area contributed by atoms with Gasteiger partial charge in [0.2, 0.25) is 0 Å². The van der Waals surface area contributed by atoms with Gasteiger partial charge in [-0.15, -0.1) is 0 Å². The van der Waals surface area contributed by atoms with E-state index in [0.29, 0.717) is 17.7 Å². The monoisotopic (exact) mass is 339 g/mol. The quantitative estimate of drug-likeness (QED) is 0.773. The van der Waals surface area contributed by atoms with Gasteiger partial charge in [-0.1, -0.05) is 54.6 Å². The van der Waals surface area contributed by atoms with Crippen LogP contribution in [0.2, 0.25) is 0 Å². The van der Waals surface area contributed by atoms with Crippen molar-refractivity contribution in [1.82, 2.24) is 4.90 Å². The standard InChI is InChI=1S/C22H17N3O/c23-14-16-10-12-18(13-11-16)21-24-20-9-5-4-8-19(20)22(26)25(21)15-17-6-2-1-3-7-17/h1-13,21,24H,15H2. The molecule has 3 aromatic carbocycles. The third kappa shape index (κ3) is 2.91. The van der Waals surface area contributed by atoms with Gasteiger partial charge in [-0.2, -0.15) is 5.26 Å². The molecule has 4 heteroatoms. The van der Waals surface area contributed by atoms with E-state index >= 15 is 0 Å². The molecule has 0 aliphatic carbocycles. The lowest BCUT2D eigenvalue weighted by molar-refractivity contribution is 0.0666. The van der Waals surface area contributed by atoms with Crippen molar-refractivity contribution in [2.24, 2.45) is 0 Å². The SMILES string of the molecule is N#Cc1ccc(C2Nc3ccccc3C(=O)N2Cc2ccccc2)cc1. The summed E-state index contributed by atoms with van der Waals surface area (Å²) < 4.78 is 0. The molecule has 4 rings (SSSR count). The molecule has 126 valence electrons. The van der Waals surface area contributed by atoms with Crippen LogP contribution < -0.4 is 5.32 Å². The summed E-state index contributed by atoms with van der Waals surface area (Å²) in [6.07, 6.45) is -0.287. The maximum Gasteiger partial charge on any atom is 0.258 e. The molecule has 4 nitrogen and oxygen atoms in total. The van der Waals surface area contributed by atoms with Crippen molar-refractivity contribution in [2.75, 3.05) is 5.32 Å². The molecule has 0 spiro atoms. The smallest absolute Gasteiger partial charge is 0.258 e. The number of benzene rings is 3. The van der Waals surface area contributed by atoms with E-state index in [9.17, 15) is 4.79 Å². The van der Waals surface area contributed by atoms with Crippen LogP contribution in [0.25, 0.3) is 0 Å². The number of carbonyl (C=O) groups is 1. The van der Waals surface area contributed by atoms with Crippen molar-refractivity contribution in [2.45, 2.75) is 12.7 Å². The van der Waals surface area contributed by atoms with Crippen LogP contribution in [0.4, 0.5) is 5.69 Å². The second kappa shape index (κ2) is 6.73. The highest BCUT2D eigenvalue weighted by molar-refractivity contribution is 6.01. The van der Waals surface area contributed by atoms with Crippen LogP contribution in [0.5, 0.6) is 0 Å². The molecule has 1 amide bonds. The molecule has 0 fully saturated rings. The molecule has 0 saturated heterocycles. The summed E-state index contributed by atoms with van der Waals surface area (Å²) in [6, 6.07) is 27.0. The van der Waals surface area contributed by atoms with Crippen molar-refractivity contribution in [1.29, 1.82) is 5.26 Å². The third-order valence-electron chi connectivity index (χ3n) is 4.57.